The Balaban J connectivity index is 2.31. The van der Waals surface area contributed by atoms with E-state index in [4.69, 9.17) is 0 Å². The number of para-hydroxylation sites is 1. The van der Waals surface area contributed by atoms with E-state index in [2.05, 4.69) is 0 Å². The zero-order valence-corrected chi connectivity index (χ0v) is 10.3. The molecule has 4 heteroatoms. The first-order valence-corrected chi connectivity index (χ1v) is 6.24. The van der Waals surface area contributed by atoms with Crippen molar-refractivity contribution in [3.63, 3.8) is 0 Å². The lowest BCUT2D eigenvalue weighted by molar-refractivity contribution is 0.0693. The molecule has 3 rings (SSSR count). The van der Waals surface area contributed by atoms with Gasteiger partial charge in [0, 0.05) is 11.9 Å². The molecule has 1 aliphatic carbocycles. The van der Waals surface area contributed by atoms with E-state index < -0.39 is 11.5 Å². The predicted octanol–water partition coefficient (Wildman–Crippen LogP) is 2.02. The maximum absolute atomic E-state index is 12.4. The number of fused-ring (bicyclic) bond motifs is 1. The molecule has 4 nitrogen and oxygen atoms in total. The quantitative estimate of drug-likeness (QED) is 0.893. The molecule has 19 heavy (non-hydrogen) atoms. The predicted molar refractivity (Wildman–Crippen MR) is 71.0 cm³/mol. The van der Waals surface area contributed by atoms with Gasteiger partial charge < -0.3 is 5.11 Å². The number of aromatic nitrogens is 1. The van der Waals surface area contributed by atoms with Crippen molar-refractivity contribution < 1.29 is 9.90 Å². The minimum Gasteiger partial charge on any atom is -0.477 e. The Hall–Kier alpha value is -2.36. The summed E-state index contributed by atoms with van der Waals surface area (Å²) >= 11 is 0. The number of nitrogens with zero attached hydrogens (tertiary/aromatic N) is 1. The summed E-state index contributed by atoms with van der Waals surface area (Å²) in [6.45, 7) is 0. The lowest BCUT2D eigenvalue weighted by Crippen LogP contribution is -2.27. The Labute approximate surface area is 109 Å². The monoisotopic (exact) mass is 255 g/mol. The molecular formula is C15H13NO3. The number of aryl methyl sites for hydroxylation is 1. The van der Waals surface area contributed by atoms with Crippen molar-refractivity contribution in [3.05, 3.63) is 63.6 Å². The molecule has 96 valence electrons. The fourth-order valence-electron chi connectivity index (χ4n) is 2.66. The van der Waals surface area contributed by atoms with Crippen LogP contribution in [0.5, 0.6) is 0 Å². The number of hydrogen-bond donors (Lipinski definition) is 1. The lowest BCUT2D eigenvalue weighted by Gasteiger charge is -2.11. The zero-order chi connectivity index (χ0) is 13.4. The highest BCUT2D eigenvalue weighted by Crippen LogP contribution is 2.24. The Morgan fingerprint density at radius 1 is 1.16 bits per heavy atom. The molecule has 0 aliphatic heterocycles. The standard InChI is InChI=1S/C15H13NO3/c17-14-13(15(18)19)12-8-4-5-10(12)9-16(14)11-6-2-1-3-7-11/h1-3,6-7,9H,4-5,8H2,(H,18,19). The van der Waals surface area contributed by atoms with Crippen LogP contribution in [0, 0.1) is 0 Å². The van der Waals surface area contributed by atoms with E-state index in [1.807, 2.05) is 18.2 Å². The van der Waals surface area contributed by atoms with E-state index in [1.54, 1.807) is 18.3 Å². The average Bonchev–Trinajstić information content (AvgIpc) is 2.86. The molecule has 2 aromatic rings. The van der Waals surface area contributed by atoms with E-state index in [0.717, 1.165) is 18.4 Å². The van der Waals surface area contributed by atoms with Gasteiger partial charge in [0.25, 0.3) is 5.56 Å². The maximum Gasteiger partial charge on any atom is 0.341 e. The number of rotatable bonds is 2. The van der Waals surface area contributed by atoms with Crippen molar-refractivity contribution in [2.24, 2.45) is 0 Å². The summed E-state index contributed by atoms with van der Waals surface area (Å²) in [6, 6.07) is 9.12. The van der Waals surface area contributed by atoms with Crippen molar-refractivity contribution in [1.82, 2.24) is 4.57 Å². The molecule has 1 heterocycles. The number of pyridine rings is 1. The van der Waals surface area contributed by atoms with Crippen LogP contribution < -0.4 is 5.56 Å². The Morgan fingerprint density at radius 3 is 2.58 bits per heavy atom. The van der Waals surface area contributed by atoms with Crippen molar-refractivity contribution >= 4 is 5.97 Å². The molecular weight excluding hydrogens is 242 g/mol. The second-order valence-corrected chi connectivity index (χ2v) is 4.68. The first-order valence-electron chi connectivity index (χ1n) is 6.24. The lowest BCUT2D eigenvalue weighted by atomic mass is 10.1. The largest absolute Gasteiger partial charge is 0.477 e. The number of aromatic carboxylic acids is 1. The molecule has 0 saturated carbocycles. The van der Waals surface area contributed by atoms with Crippen LogP contribution in [0.3, 0.4) is 0 Å². The van der Waals surface area contributed by atoms with Gasteiger partial charge in [0.05, 0.1) is 0 Å². The van der Waals surface area contributed by atoms with Crippen molar-refractivity contribution in [3.8, 4) is 5.69 Å². The zero-order valence-electron chi connectivity index (χ0n) is 10.3. The van der Waals surface area contributed by atoms with E-state index in [0.29, 0.717) is 17.7 Å². The number of carboxylic acids is 1. The summed E-state index contributed by atoms with van der Waals surface area (Å²) < 4.78 is 1.44. The normalized spacial score (nSPS) is 13.3. The topological polar surface area (TPSA) is 59.3 Å². The first kappa shape index (κ1) is 11.7. The van der Waals surface area contributed by atoms with Crippen LogP contribution in [-0.2, 0) is 12.8 Å². The third-order valence-corrected chi connectivity index (χ3v) is 3.53. The highest BCUT2D eigenvalue weighted by molar-refractivity contribution is 5.89. The van der Waals surface area contributed by atoms with Gasteiger partial charge in [-0.1, -0.05) is 18.2 Å². The number of carboxylic acid groups (broad SMARTS) is 1. The fraction of sp³-hybridized carbons (Fsp3) is 0.200. The van der Waals surface area contributed by atoms with Crippen LogP contribution in [-0.4, -0.2) is 15.6 Å². The van der Waals surface area contributed by atoms with Gasteiger partial charge in [-0.25, -0.2) is 4.79 Å². The summed E-state index contributed by atoms with van der Waals surface area (Å²) in [7, 11) is 0. The van der Waals surface area contributed by atoms with E-state index in [1.165, 1.54) is 4.57 Å². The van der Waals surface area contributed by atoms with Gasteiger partial charge in [0.15, 0.2) is 0 Å². The number of carbonyl (C=O) groups is 1. The fourth-order valence-corrected chi connectivity index (χ4v) is 2.66. The highest BCUT2D eigenvalue weighted by Gasteiger charge is 2.24. The minimum atomic E-state index is -1.13. The summed E-state index contributed by atoms with van der Waals surface area (Å²) in [4.78, 5) is 23.7. The molecule has 0 saturated heterocycles. The van der Waals surface area contributed by atoms with Crippen LogP contribution in [0.2, 0.25) is 0 Å². The summed E-state index contributed by atoms with van der Waals surface area (Å²) in [5, 5.41) is 9.29. The third kappa shape index (κ3) is 1.85. The second-order valence-electron chi connectivity index (χ2n) is 4.68. The third-order valence-electron chi connectivity index (χ3n) is 3.53. The molecule has 0 bridgehead atoms. The summed E-state index contributed by atoms with van der Waals surface area (Å²) in [6.07, 6.45) is 4.21. The van der Waals surface area contributed by atoms with Crippen molar-refractivity contribution in [2.45, 2.75) is 19.3 Å². The van der Waals surface area contributed by atoms with Gasteiger partial charge in [-0.05, 0) is 42.5 Å². The van der Waals surface area contributed by atoms with Crippen molar-refractivity contribution in [1.29, 1.82) is 0 Å². The van der Waals surface area contributed by atoms with E-state index >= 15 is 0 Å². The SMILES string of the molecule is O=C(O)c1c2c(cn(-c3ccccc3)c1=O)CCC2. The average molecular weight is 255 g/mol. The van der Waals surface area contributed by atoms with E-state index in [9.17, 15) is 14.7 Å². The molecule has 0 radical (unpaired) electrons. The van der Waals surface area contributed by atoms with Gasteiger partial charge in [0.1, 0.15) is 5.56 Å². The summed E-state index contributed by atoms with van der Waals surface area (Å²) in [5.41, 5.74) is 1.87. The van der Waals surface area contributed by atoms with Crippen LogP contribution in [0.15, 0.2) is 41.3 Å². The molecule has 0 unspecified atom stereocenters. The van der Waals surface area contributed by atoms with Crippen LogP contribution in [0.25, 0.3) is 5.69 Å². The Kier molecular flexibility index (Phi) is 2.71. The highest BCUT2D eigenvalue weighted by atomic mass is 16.4. The van der Waals surface area contributed by atoms with Gasteiger partial charge >= 0.3 is 5.97 Å². The molecule has 1 aliphatic rings. The molecule has 0 amide bonds. The van der Waals surface area contributed by atoms with Gasteiger partial charge in [-0.2, -0.15) is 0 Å². The maximum atomic E-state index is 12.4. The van der Waals surface area contributed by atoms with Gasteiger partial charge in [-0.3, -0.25) is 9.36 Å². The molecule has 0 atom stereocenters. The van der Waals surface area contributed by atoms with Gasteiger partial charge in [0.2, 0.25) is 0 Å². The summed E-state index contributed by atoms with van der Waals surface area (Å²) in [5.74, 6) is -1.13. The molecule has 1 aromatic heterocycles. The van der Waals surface area contributed by atoms with Crippen LogP contribution >= 0.6 is 0 Å². The Bertz CT molecular complexity index is 701. The minimum absolute atomic E-state index is 0.0705. The Morgan fingerprint density at radius 2 is 1.89 bits per heavy atom. The van der Waals surface area contributed by atoms with Gasteiger partial charge in [-0.15, -0.1) is 0 Å². The smallest absolute Gasteiger partial charge is 0.341 e. The molecule has 0 fully saturated rings. The second kappa shape index (κ2) is 4.39. The number of benzene rings is 1. The first-order chi connectivity index (χ1) is 9.18. The number of hydrogen-bond acceptors (Lipinski definition) is 2. The molecule has 0 spiro atoms. The van der Waals surface area contributed by atoms with E-state index in [-0.39, 0.29) is 5.56 Å². The van der Waals surface area contributed by atoms with Crippen molar-refractivity contribution in [2.75, 3.05) is 0 Å². The van der Waals surface area contributed by atoms with Crippen LogP contribution in [0.1, 0.15) is 27.9 Å². The van der Waals surface area contributed by atoms with Crippen LogP contribution in [0.4, 0.5) is 0 Å². The molecule has 1 N–H and O–H groups in total. The molecule has 1 aromatic carbocycles.